The molecule has 110 valence electrons. The van der Waals surface area contributed by atoms with Crippen molar-refractivity contribution >= 4 is 0 Å². The normalized spacial score (nSPS) is 18.6. The van der Waals surface area contributed by atoms with Gasteiger partial charge in [-0.15, -0.1) is 0 Å². The Morgan fingerprint density at radius 1 is 1.00 bits per heavy atom. The van der Waals surface area contributed by atoms with Crippen LogP contribution in [0.2, 0.25) is 0 Å². The van der Waals surface area contributed by atoms with Crippen LogP contribution in [0.5, 0.6) is 0 Å². The van der Waals surface area contributed by atoms with Gasteiger partial charge in [0, 0.05) is 12.7 Å². The van der Waals surface area contributed by atoms with Crippen molar-refractivity contribution in [2.45, 2.75) is 33.2 Å². The SMILES string of the molecule is CC1(C)CCN(Cc2cc(-c3ccccc3)ccn2)CC1. The van der Waals surface area contributed by atoms with E-state index in [9.17, 15) is 0 Å². The van der Waals surface area contributed by atoms with Crippen LogP contribution in [0, 0.1) is 5.41 Å². The lowest BCUT2D eigenvalue weighted by Crippen LogP contribution is -2.36. The van der Waals surface area contributed by atoms with Crippen LogP contribution in [0.15, 0.2) is 48.7 Å². The van der Waals surface area contributed by atoms with Gasteiger partial charge in [-0.1, -0.05) is 44.2 Å². The topological polar surface area (TPSA) is 16.1 Å². The number of aromatic nitrogens is 1. The molecule has 2 nitrogen and oxygen atoms in total. The summed E-state index contributed by atoms with van der Waals surface area (Å²) in [7, 11) is 0. The van der Waals surface area contributed by atoms with Crippen LogP contribution < -0.4 is 0 Å². The highest BCUT2D eigenvalue weighted by Crippen LogP contribution is 2.30. The molecule has 3 rings (SSSR count). The third-order valence-electron chi connectivity index (χ3n) is 4.52. The van der Waals surface area contributed by atoms with Crippen molar-refractivity contribution in [3.63, 3.8) is 0 Å². The van der Waals surface area contributed by atoms with Gasteiger partial charge in [0.05, 0.1) is 5.69 Å². The Balaban J connectivity index is 1.70. The highest BCUT2D eigenvalue weighted by Gasteiger charge is 2.25. The monoisotopic (exact) mass is 280 g/mol. The summed E-state index contributed by atoms with van der Waals surface area (Å²) in [6.45, 7) is 8.09. The van der Waals surface area contributed by atoms with E-state index in [-0.39, 0.29) is 0 Å². The Morgan fingerprint density at radius 3 is 2.43 bits per heavy atom. The lowest BCUT2D eigenvalue weighted by atomic mass is 9.82. The van der Waals surface area contributed by atoms with Crippen LogP contribution >= 0.6 is 0 Å². The fourth-order valence-electron chi connectivity index (χ4n) is 2.92. The maximum Gasteiger partial charge on any atom is 0.0550 e. The van der Waals surface area contributed by atoms with Gasteiger partial charge in [0.2, 0.25) is 0 Å². The summed E-state index contributed by atoms with van der Waals surface area (Å²) in [6, 6.07) is 14.9. The lowest BCUT2D eigenvalue weighted by Gasteiger charge is -2.36. The van der Waals surface area contributed by atoms with E-state index in [1.54, 1.807) is 0 Å². The minimum absolute atomic E-state index is 0.510. The van der Waals surface area contributed by atoms with Crippen molar-refractivity contribution in [2.75, 3.05) is 13.1 Å². The maximum absolute atomic E-state index is 4.55. The van der Waals surface area contributed by atoms with Gasteiger partial charge in [-0.25, -0.2) is 0 Å². The molecule has 1 saturated heterocycles. The molecule has 0 saturated carbocycles. The van der Waals surface area contributed by atoms with E-state index in [4.69, 9.17) is 0 Å². The van der Waals surface area contributed by atoms with Crippen LogP contribution in [0.1, 0.15) is 32.4 Å². The summed E-state index contributed by atoms with van der Waals surface area (Å²) in [5, 5.41) is 0. The molecule has 0 N–H and O–H groups in total. The second kappa shape index (κ2) is 5.98. The van der Waals surface area contributed by atoms with E-state index < -0.39 is 0 Å². The molecule has 2 heteroatoms. The highest BCUT2D eigenvalue weighted by atomic mass is 15.1. The molecule has 21 heavy (non-hydrogen) atoms. The second-order valence-electron chi connectivity index (χ2n) is 6.84. The smallest absolute Gasteiger partial charge is 0.0550 e. The van der Waals surface area contributed by atoms with E-state index in [1.807, 2.05) is 6.20 Å². The van der Waals surface area contributed by atoms with Crippen LogP contribution in [0.4, 0.5) is 0 Å². The molecular weight excluding hydrogens is 256 g/mol. The number of hydrogen-bond donors (Lipinski definition) is 0. The average Bonchev–Trinajstić information content (AvgIpc) is 2.51. The van der Waals surface area contributed by atoms with Crippen LogP contribution in [-0.4, -0.2) is 23.0 Å². The number of piperidine rings is 1. The zero-order chi connectivity index (χ0) is 14.7. The molecule has 2 heterocycles. The van der Waals surface area contributed by atoms with Crippen molar-refractivity contribution in [1.29, 1.82) is 0 Å². The first kappa shape index (κ1) is 14.3. The molecule has 1 aromatic carbocycles. The second-order valence-corrected chi connectivity index (χ2v) is 6.84. The number of pyridine rings is 1. The van der Waals surface area contributed by atoms with Crippen molar-refractivity contribution in [3.8, 4) is 11.1 Å². The minimum atomic E-state index is 0.510. The fourth-order valence-corrected chi connectivity index (χ4v) is 2.92. The molecule has 1 aliphatic rings. The molecule has 1 fully saturated rings. The quantitative estimate of drug-likeness (QED) is 0.830. The van der Waals surface area contributed by atoms with E-state index in [1.165, 1.54) is 42.8 Å². The molecule has 0 spiro atoms. The van der Waals surface area contributed by atoms with Gasteiger partial charge in [0.15, 0.2) is 0 Å². The van der Waals surface area contributed by atoms with Crippen molar-refractivity contribution < 1.29 is 0 Å². The number of likely N-dealkylation sites (tertiary alicyclic amines) is 1. The molecule has 2 aromatic rings. The zero-order valence-corrected chi connectivity index (χ0v) is 13.0. The predicted molar refractivity (Wildman–Crippen MR) is 88.0 cm³/mol. The molecule has 1 aromatic heterocycles. The van der Waals surface area contributed by atoms with Gasteiger partial charge in [-0.3, -0.25) is 9.88 Å². The molecule has 1 aliphatic heterocycles. The van der Waals surface area contributed by atoms with E-state index >= 15 is 0 Å². The number of hydrogen-bond acceptors (Lipinski definition) is 2. The largest absolute Gasteiger partial charge is 0.297 e. The lowest BCUT2D eigenvalue weighted by molar-refractivity contribution is 0.126. The third-order valence-corrected chi connectivity index (χ3v) is 4.52. The molecule has 0 atom stereocenters. The van der Waals surface area contributed by atoms with Gasteiger partial charge in [0.1, 0.15) is 0 Å². The third kappa shape index (κ3) is 3.70. The number of nitrogens with zero attached hydrogens (tertiary/aromatic N) is 2. The van der Waals surface area contributed by atoms with Crippen molar-refractivity contribution in [1.82, 2.24) is 9.88 Å². The summed E-state index contributed by atoms with van der Waals surface area (Å²) >= 11 is 0. The molecule has 0 radical (unpaired) electrons. The van der Waals surface area contributed by atoms with Crippen molar-refractivity contribution in [2.24, 2.45) is 5.41 Å². The molecule has 0 unspecified atom stereocenters. The van der Waals surface area contributed by atoms with Gasteiger partial charge in [-0.2, -0.15) is 0 Å². The van der Waals surface area contributed by atoms with E-state index in [2.05, 4.69) is 66.2 Å². The Bertz CT molecular complexity index is 580. The molecule has 0 aliphatic carbocycles. The highest BCUT2D eigenvalue weighted by molar-refractivity contribution is 5.63. The van der Waals surface area contributed by atoms with Crippen LogP contribution in [0.3, 0.4) is 0 Å². The number of rotatable bonds is 3. The summed E-state index contributed by atoms with van der Waals surface area (Å²) in [5.41, 5.74) is 4.21. The van der Waals surface area contributed by atoms with Gasteiger partial charge in [-0.05, 0) is 54.6 Å². The Hall–Kier alpha value is -1.67. The Morgan fingerprint density at radius 2 is 1.71 bits per heavy atom. The summed E-state index contributed by atoms with van der Waals surface area (Å²) < 4.78 is 0. The average molecular weight is 280 g/mol. The standard InChI is InChI=1S/C19H24N2/c1-19(2)9-12-21(13-10-19)15-18-14-17(8-11-20-18)16-6-4-3-5-7-16/h3-8,11,14H,9-10,12-13,15H2,1-2H3. The minimum Gasteiger partial charge on any atom is -0.297 e. The summed E-state index contributed by atoms with van der Waals surface area (Å²) in [5.74, 6) is 0. The molecule has 0 amide bonds. The maximum atomic E-state index is 4.55. The first-order valence-electron chi connectivity index (χ1n) is 7.85. The van der Waals surface area contributed by atoms with Crippen LogP contribution in [-0.2, 0) is 6.54 Å². The van der Waals surface area contributed by atoms with Gasteiger partial charge >= 0.3 is 0 Å². The molecule has 0 bridgehead atoms. The van der Waals surface area contributed by atoms with Crippen molar-refractivity contribution in [3.05, 3.63) is 54.4 Å². The van der Waals surface area contributed by atoms with E-state index in [0.29, 0.717) is 5.41 Å². The number of benzene rings is 1. The first-order valence-corrected chi connectivity index (χ1v) is 7.85. The fraction of sp³-hybridized carbons (Fsp3) is 0.421. The zero-order valence-electron chi connectivity index (χ0n) is 13.0. The van der Waals surface area contributed by atoms with Crippen LogP contribution in [0.25, 0.3) is 11.1 Å². The molecular formula is C19H24N2. The van der Waals surface area contributed by atoms with E-state index in [0.717, 1.165) is 6.54 Å². The summed E-state index contributed by atoms with van der Waals surface area (Å²) in [6.07, 6.45) is 4.50. The Labute approximate surface area is 127 Å². The van der Waals surface area contributed by atoms with Gasteiger partial charge in [0.25, 0.3) is 0 Å². The summed E-state index contributed by atoms with van der Waals surface area (Å²) in [4.78, 5) is 7.08. The van der Waals surface area contributed by atoms with Gasteiger partial charge < -0.3 is 0 Å². The first-order chi connectivity index (χ1) is 10.1. The predicted octanol–water partition coefficient (Wildman–Crippen LogP) is 4.37. The Kier molecular flexibility index (Phi) is 4.07.